The Morgan fingerprint density at radius 1 is 0.939 bits per heavy atom. The molecule has 7 heteroatoms. The highest BCUT2D eigenvalue weighted by atomic mass is 19.1. The second-order valence-corrected chi connectivity index (χ2v) is 9.67. The molecular formula is C26H41F2NO4. The van der Waals surface area contributed by atoms with Crippen molar-refractivity contribution in [2.75, 3.05) is 6.61 Å². The largest absolute Gasteiger partial charge is 0.464 e. The van der Waals surface area contributed by atoms with Crippen LogP contribution in [0.2, 0.25) is 0 Å². The first-order valence-electron chi connectivity index (χ1n) is 12.1. The van der Waals surface area contributed by atoms with Crippen LogP contribution in [0.3, 0.4) is 0 Å². The molecule has 1 rings (SSSR count). The topological polar surface area (TPSA) is 64.6 Å². The summed E-state index contributed by atoms with van der Waals surface area (Å²) in [7, 11) is 0. The van der Waals surface area contributed by atoms with Gasteiger partial charge in [-0.2, -0.15) is 0 Å². The number of benzene rings is 1. The maximum absolute atomic E-state index is 13.6. The van der Waals surface area contributed by atoms with Gasteiger partial charge in [0.15, 0.2) is 0 Å². The summed E-state index contributed by atoms with van der Waals surface area (Å²) in [5.74, 6) is -1.88. The van der Waals surface area contributed by atoms with Crippen LogP contribution in [-0.4, -0.2) is 30.3 Å². The summed E-state index contributed by atoms with van der Waals surface area (Å²) >= 11 is 0. The van der Waals surface area contributed by atoms with E-state index in [-0.39, 0.29) is 24.5 Å². The number of esters is 1. The maximum Gasteiger partial charge on any atom is 0.408 e. The van der Waals surface area contributed by atoms with E-state index in [9.17, 15) is 18.4 Å². The number of hydrogen-bond donors (Lipinski definition) is 1. The Morgan fingerprint density at radius 2 is 1.48 bits per heavy atom. The minimum absolute atomic E-state index is 0.108. The summed E-state index contributed by atoms with van der Waals surface area (Å²) in [5, 5.41) is 2.51. The SMILES string of the molecule is CCCCCC(CCCCC)COC(=O)[C@H](Cc1cc(F)cc(F)c1)NC(=O)OC(C)(C)C. The zero-order valence-corrected chi connectivity index (χ0v) is 20.8. The Hall–Kier alpha value is -2.18. The molecule has 33 heavy (non-hydrogen) atoms. The number of rotatable bonds is 14. The molecule has 0 radical (unpaired) electrons. The molecule has 1 N–H and O–H groups in total. The minimum atomic E-state index is -1.12. The third-order valence-corrected chi connectivity index (χ3v) is 5.23. The minimum Gasteiger partial charge on any atom is -0.464 e. The molecule has 1 aromatic carbocycles. The van der Waals surface area contributed by atoms with Gasteiger partial charge in [0.25, 0.3) is 0 Å². The van der Waals surface area contributed by atoms with E-state index in [2.05, 4.69) is 19.2 Å². The highest BCUT2D eigenvalue weighted by Gasteiger charge is 2.27. The molecule has 1 aromatic rings. The number of amides is 1. The van der Waals surface area contributed by atoms with Gasteiger partial charge >= 0.3 is 12.1 Å². The number of carbonyl (C=O) groups excluding carboxylic acids is 2. The van der Waals surface area contributed by atoms with E-state index in [1.54, 1.807) is 20.8 Å². The number of ether oxygens (including phenoxy) is 2. The maximum atomic E-state index is 13.6. The van der Waals surface area contributed by atoms with Crippen LogP contribution in [0.25, 0.3) is 0 Å². The third-order valence-electron chi connectivity index (χ3n) is 5.23. The van der Waals surface area contributed by atoms with Crippen LogP contribution in [-0.2, 0) is 20.7 Å². The number of unbranched alkanes of at least 4 members (excludes halogenated alkanes) is 4. The second kappa shape index (κ2) is 14.9. The summed E-state index contributed by atoms with van der Waals surface area (Å²) in [6.07, 6.45) is 7.71. The fourth-order valence-electron chi connectivity index (χ4n) is 3.59. The summed E-state index contributed by atoms with van der Waals surface area (Å²) < 4.78 is 38.1. The van der Waals surface area contributed by atoms with Crippen LogP contribution in [0.5, 0.6) is 0 Å². The van der Waals surface area contributed by atoms with Crippen molar-refractivity contribution in [1.29, 1.82) is 0 Å². The average Bonchev–Trinajstić information content (AvgIpc) is 2.69. The lowest BCUT2D eigenvalue weighted by molar-refractivity contribution is -0.147. The van der Waals surface area contributed by atoms with Crippen molar-refractivity contribution in [3.8, 4) is 0 Å². The van der Waals surface area contributed by atoms with Crippen molar-refractivity contribution < 1.29 is 27.8 Å². The molecule has 0 heterocycles. The van der Waals surface area contributed by atoms with Crippen molar-refractivity contribution in [3.05, 3.63) is 35.4 Å². The first-order valence-corrected chi connectivity index (χ1v) is 12.1. The molecule has 0 saturated heterocycles. The van der Waals surface area contributed by atoms with Crippen molar-refractivity contribution in [1.82, 2.24) is 5.32 Å². The zero-order valence-electron chi connectivity index (χ0n) is 20.8. The van der Waals surface area contributed by atoms with Gasteiger partial charge in [0.2, 0.25) is 0 Å². The van der Waals surface area contributed by atoms with E-state index in [0.717, 1.165) is 69.6 Å². The van der Waals surface area contributed by atoms with Gasteiger partial charge in [0, 0.05) is 12.5 Å². The first-order chi connectivity index (χ1) is 15.5. The first kappa shape index (κ1) is 28.9. The van der Waals surface area contributed by atoms with Crippen molar-refractivity contribution >= 4 is 12.1 Å². The Bertz CT molecular complexity index is 703. The van der Waals surface area contributed by atoms with Crippen LogP contribution in [0, 0.1) is 17.6 Å². The van der Waals surface area contributed by atoms with E-state index in [1.165, 1.54) is 0 Å². The third kappa shape index (κ3) is 13.2. The predicted octanol–water partition coefficient (Wildman–Crippen LogP) is 6.72. The van der Waals surface area contributed by atoms with Crippen molar-refractivity contribution in [2.45, 2.75) is 104 Å². The fraction of sp³-hybridized carbons (Fsp3) is 0.692. The van der Waals surface area contributed by atoms with Crippen LogP contribution >= 0.6 is 0 Å². The van der Waals surface area contributed by atoms with Gasteiger partial charge in [-0.05, 0) is 57.2 Å². The molecule has 0 bridgehead atoms. The van der Waals surface area contributed by atoms with Crippen LogP contribution in [0.15, 0.2) is 18.2 Å². The molecule has 1 amide bonds. The molecular weight excluding hydrogens is 428 g/mol. The molecule has 0 aliphatic carbocycles. The average molecular weight is 470 g/mol. The van der Waals surface area contributed by atoms with Crippen molar-refractivity contribution in [3.63, 3.8) is 0 Å². The van der Waals surface area contributed by atoms with E-state index >= 15 is 0 Å². The predicted molar refractivity (Wildman–Crippen MR) is 126 cm³/mol. The molecule has 0 saturated carbocycles. The summed E-state index contributed by atoms with van der Waals surface area (Å²) in [6, 6.07) is 1.92. The van der Waals surface area contributed by atoms with Gasteiger partial charge in [-0.25, -0.2) is 18.4 Å². The molecule has 1 atom stereocenters. The highest BCUT2D eigenvalue weighted by molar-refractivity contribution is 5.81. The Morgan fingerprint density at radius 3 is 1.97 bits per heavy atom. The van der Waals surface area contributed by atoms with Crippen LogP contribution < -0.4 is 5.32 Å². The number of hydrogen-bond acceptors (Lipinski definition) is 4. The number of nitrogens with one attached hydrogen (secondary N) is 1. The van der Waals surface area contributed by atoms with Crippen LogP contribution in [0.4, 0.5) is 13.6 Å². The lowest BCUT2D eigenvalue weighted by Crippen LogP contribution is -2.45. The van der Waals surface area contributed by atoms with E-state index in [4.69, 9.17) is 9.47 Å². The molecule has 0 unspecified atom stereocenters. The number of carbonyl (C=O) groups is 2. The molecule has 0 fully saturated rings. The fourth-order valence-corrected chi connectivity index (χ4v) is 3.59. The zero-order chi connectivity index (χ0) is 24.9. The molecule has 0 aromatic heterocycles. The Labute approximate surface area is 197 Å². The Kier molecular flexibility index (Phi) is 13.0. The van der Waals surface area contributed by atoms with Gasteiger partial charge in [-0.3, -0.25) is 0 Å². The monoisotopic (exact) mass is 469 g/mol. The van der Waals surface area contributed by atoms with Gasteiger partial charge in [0.05, 0.1) is 6.61 Å². The lowest BCUT2D eigenvalue weighted by Gasteiger charge is -2.24. The normalized spacial score (nSPS) is 12.5. The molecule has 0 aliphatic heterocycles. The van der Waals surface area contributed by atoms with Gasteiger partial charge in [0.1, 0.15) is 23.3 Å². The van der Waals surface area contributed by atoms with E-state index in [0.29, 0.717) is 0 Å². The summed E-state index contributed by atoms with van der Waals surface area (Å²) in [4.78, 5) is 25.2. The van der Waals surface area contributed by atoms with Crippen molar-refractivity contribution in [2.24, 2.45) is 5.92 Å². The number of halogens is 2. The highest BCUT2D eigenvalue weighted by Crippen LogP contribution is 2.19. The summed E-state index contributed by atoms with van der Waals surface area (Å²) in [6.45, 7) is 9.68. The Balaban J connectivity index is 2.87. The number of alkyl carbamates (subject to hydrolysis) is 1. The van der Waals surface area contributed by atoms with Gasteiger partial charge in [-0.1, -0.05) is 52.4 Å². The quantitative estimate of drug-likeness (QED) is 0.243. The van der Waals surface area contributed by atoms with E-state index in [1.807, 2.05) is 0 Å². The molecule has 5 nitrogen and oxygen atoms in total. The molecule has 188 valence electrons. The van der Waals surface area contributed by atoms with Crippen LogP contribution in [0.1, 0.15) is 91.5 Å². The lowest BCUT2D eigenvalue weighted by atomic mass is 9.96. The standard InChI is InChI=1S/C26H41F2NO4/c1-6-8-10-12-19(13-11-9-7-2)18-32-24(30)23(29-25(31)33-26(3,4)5)16-20-14-21(27)17-22(28)15-20/h14-15,17,19,23H,6-13,16,18H2,1-5H3,(H,29,31)/t23-/m0/s1. The van der Waals surface area contributed by atoms with Gasteiger partial charge in [-0.15, -0.1) is 0 Å². The van der Waals surface area contributed by atoms with Gasteiger partial charge < -0.3 is 14.8 Å². The second-order valence-electron chi connectivity index (χ2n) is 9.67. The summed E-state index contributed by atoms with van der Waals surface area (Å²) in [5.41, 5.74) is -0.513. The molecule has 0 spiro atoms. The smallest absolute Gasteiger partial charge is 0.408 e. The molecule has 0 aliphatic rings. The van der Waals surface area contributed by atoms with E-state index < -0.39 is 35.3 Å².